The van der Waals surface area contributed by atoms with Crippen LogP contribution in [0.2, 0.25) is 0 Å². The Morgan fingerprint density at radius 3 is 2.48 bits per heavy atom. The Morgan fingerprint density at radius 1 is 1.19 bits per heavy atom. The highest BCUT2D eigenvalue weighted by Gasteiger charge is 2.43. The molecule has 1 N–H and O–H groups in total. The number of benzene rings is 1. The lowest BCUT2D eigenvalue weighted by Gasteiger charge is -2.47. The maximum Gasteiger partial charge on any atom is 0.0851 e. The molecule has 0 heterocycles. The Bertz CT molecular complexity index is 765. The van der Waals surface area contributed by atoms with E-state index >= 15 is 0 Å². The Kier molecular flexibility index (Phi) is 8.47. The van der Waals surface area contributed by atoms with Crippen molar-refractivity contribution in [3.05, 3.63) is 59.4 Å². The second-order valence-electron chi connectivity index (χ2n) is 11.8. The summed E-state index contributed by atoms with van der Waals surface area (Å²) in [6.45, 7) is 21.5. The van der Waals surface area contributed by atoms with Crippen LogP contribution in [-0.2, 0) is 12.0 Å². The maximum absolute atomic E-state index is 4.07. The van der Waals surface area contributed by atoms with Crippen LogP contribution in [0.25, 0.3) is 0 Å². The van der Waals surface area contributed by atoms with Crippen molar-refractivity contribution in [3.8, 4) is 0 Å². The fourth-order valence-electron chi connectivity index (χ4n) is 4.84. The van der Waals surface area contributed by atoms with E-state index in [1.54, 1.807) is 0 Å². The smallest absolute Gasteiger partial charge is 0.0851 e. The van der Waals surface area contributed by atoms with Crippen LogP contribution in [0.3, 0.4) is 0 Å². The van der Waals surface area contributed by atoms with Gasteiger partial charge in [0, 0.05) is 19.8 Å². The number of hydrogen-bond donors (Lipinski definition) is 1. The molecule has 1 aromatic carbocycles. The van der Waals surface area contributed by atoms with Gasteiger partial charge in [-0.25, -0.2) is 0 Å². The number of rotatable bonds is 9. The highest BCUT2D eigenvalue weighted by molar-refractivity contribution is 5.42. The predicted molar refractivity (Wildman–Crippen MR) is 137 cm³/mol. The third-order valence-electron chi connectivity index (χ3n) is 6.96. The van der Waals surface area contributed by atoms with Gasteiger partial charge in [0.1, 0.15) is 0 Å². The molecule has 1 aromatic rings. The Labute approximate surface area is 193 Å². The van der Waals surface area contributed by atoms with Crippen molar-refractivity contribution >= 4 is 0 Å². The number of hydrogen-bond acceptors (Lipinski definition) is 2. The normalized spacial score (nSPS) is 22.4. The fraction of sp³-hybridized carbons (Fsp3) is 0.655. The molecule has 0 saturated heterocycles. The molecule has 174 valence electrons. The van der Waals surface area contributed by atoms with E-state index in [-0.39, 0.29) is 5.54 Å². The van der Waals surface area contributed by atoms with E-state index in [1.165, 1.54) is 47.9 Å². The molecule has 1 unspecified atom stereocenters. The fourth-order valence-corrected chi connectivity index (χ4v) is 4.84. The lowest BCUT2D eigenvalue weighted by molar-refractivity contribution is 0.204. The van der Waals surface area contributed by atoms with Gasteiger partial charge in [0.15, 0.2) is 0 Å². The van der Waals surface area contributed by atoms with Crippen LogP contribution in [0.15, 0.2) is 42.8 Å². The van der Waals surface area contributed by atoms with E-state index in [2.05, 4.69) is 96.7 Å². The van der Waals surface area contributed by atoms with Gasteiger partial charge in [0.25, 0.3) is 0 Å². The average molecular weight is 425 g/mol. The predicted octanol–water partition coefficient (Wildman–Crippen LogP) is 7.73. The first-order valence-corrected chi connectivity index (χ1v) is 12.3. The zero-order valence-electron chi connectivity index (χ0n) is 21.7. The summed E-state index contributed by atoms with van der Waals surface area (Å²) < 4.78 is 0. The zero-order valence-corrected chi connectivity index (χ0v) is 21.7. The third-order valence-corrected chi connectivity index (χ3v) is 6.96. The van der Waals surface area contributed by atoms with Crippen molar-refractivity contribution in [2.45, 2.75) is 99.0 Å². The first kappa shape index (κ1) is 25.6. The monoisotopic (exact) mass is 424 g/mol. The Balaban J connectivity index is 2.46. The standard InChI is InChI=1S/C29H48N2/c1-10-12-19-31(9)22-26-21-28(7,8)17-18-29(26,30-11-2)25-14-13-24(23(3)20-25)15-16-27(4,5)6/h11,13-14,20,22,30H,2,10,12,15-19,21H2,1,3-9H3/b26-22-. The largest absolute Gasteiger partial charge is 0.380 e. The summed E-state index contributed by atoms with van der Waals surface area (Å²) in [5.74, 6) is 0. The maximum atomic E-state index is 4.07. The van der Waals surface area contributed by atoms with Crippen LogP contribution in [0.4, 0.5) is 0 Å². The van der Waals surface area contributed by atoms with Crippen molar-refractivity contribution in [3.63, 3.8) is 0 Å². The summed E-state index contributed by atoms with van der Waals surface area (Å²) in [5.41, 5.74) is 6.30. The second kappa shape index (κ2) is 10.3. The molecule has 0 aromatic heterocycles. The van der Waals surface area contributed by atoms with Crippen LogP contribution >= 0.6 is 0 Å². The molecule has 1 saturated carbocycles. The molecule has 1 aliphatic rings. The van der Waals surface area contributed by atoms with Gasteiger partial charge in [-0.3, -0.25) is 0 Å². The lowest BCUT2D eigenvalue weighted by atomic mass is 9.64. The summed E-state index contributed by atoms with van der Waals surface area (Å²) in [5, 5.41) is 3.74. The molecule has 0 bridgehead atoms. The van der Waals surface area contributed by atoms with Crippen LogP contribution in [0.5, 0.6) is 0 Å². The number of unbranched alkanes of at least 4 members (excludes halogenated alkanes) is 1. The quantitative estimate of drug-likeness (QED) is 0.436. The zero-order chi connectivity index (χ0) is 23.3. The van der Waals surface area contributed by atoms with E-state index in [1.807, 2.05) is 6.20 Å². The molecule has 31 heavy (non-hydrogen) atoms. The van der Waals surface area contributed by atoms with Crippen LogP contribution in [0, 0.1) is 17.8 Å². The van der Waals surface area contributed by atoms with Gasteiger partial charge in [-0.2, -0.15) is 0 Å². The van der Waals surface area contributed by atoms with Gasteiger partial charge in [0.2, 0.25) is 0 Å². The minimum absolute atomic E-state index is 0.162. The van der Waals surface area contributed by atoms with Crippen molar-refractivity contribution in [2.24, 2.45) is 10.8 Å². The molecule has 0 spiro atoms. The van der Waals surface area contributed by atoms with Gasteiger partial charge in [-0.15, -0.1) is 0 Å². The van der Waals surface area contributed by atoms with Gasteiger partial charge in [-0.05, 0) is 84.7 Å². The van der Waals surface area contributed by atoms with Crippen LogP contribution < -0.4 is 5.32 Å². The molecule has 2 rings (SSSR count). The molecular weight excluding hydrogens is 376 g/mol. The molecule has 1 aliphatic carbocycles. The van der Waals surface area contributed by atoms with E-state index in [0.717, 1.165) is 25.8 Å². The Morgan fingerprint density at radius 2 is 1.90 bits per heavy atom. The van der Waals surface area contributed by atoms with Crippen molar-refractivity contribution in [2.75, 3.05) is 13.6 Å². The molecule has 2 heteroatoms. The van der Waals surface area contributed by atoms with Crippen molar-refractivity contribution in [1.29, 1.82) is 0 Å². The number of nitrogens with one attached hydrogen (secondary N) is 1. The second-order valence-corrected chi connectivity index (χ2v) is 11.8. The van der Waals surface area contributed by atoms with Gasteiger partial charge in [0.05, 0.1) is 5.54 Å². The minimum atomic E-state index is -0.162. The summed E-state index contributed by atoms with van der Waals surface area (Å²) >= 11 is 0. The molecule has 0 aliphatic heterocycles. The number of nitrogens with zero attached hydrogens (tertiary/aromatic N) is 1. The third kappa shape index (κ3) is 6.89. The number of aryl methyl sites for hydroxylation is 2. The summed E-state index contributed by atoms with van der Waals surface area (Å²) in [6, 6.07) is 7.19. The molecule has 2 nitrogen and oxygen atoms in total. The van der Waals surface area contributed by atoms with Crippen LogP contribution in [-0.4, -0.2) is 18.5 Å². The van der Waals surface area contributed by atoms with E-state index in [4.69, 9.17) is 0 Å². The van der Waals surface area contributed by atoms with E-state index in [9.17, 15) is 0 Å². The van der Waals surface area contributed by atoms with Crippen molar-refractivity contribution in [1.82, 2.24) is 10.2 Å². The van der Waals surface area contributed by atoms with Crippen LogP contribution in [0.1, 0.15) is 96.8 Å². The highest BCUT2D eigenvalue weighted by Crippen LogP contribution is 2.49. The van der Waals surface area contributed by atoms with E-state index in [0.29, 0.717) is 10.8 Å². The van der Waals surface area contributed by atoms with Gasteiger partial charge in [-0.1, -0.05) is 72.7 Å². The molecular formula is C29H48N2. The molecule has 1 atom stereocenters. The summed E-state index contributed by atoms with van der Waals surface area (Å²) in [6.07, 6.45) is 12.6. The van der Waals surface area contributed by atoms with Gasteiger partial charge < -0.3 is 10.2 Å². The highest BCUT2D eigenvalue weighted by atomic mass is 15.1. The summed E-state index contributed by atoms with van der Waals surface area (Å²) in [7, 11) is 2.23. The lowest BCUT2D eigenvalue weighted by Crippen LogP contribution is -2.47. The van der Waals surface area contributed by atoms with Crippen molar-refractivity contribution < 1.29 is 0 Å². The molecule has 1 fully saturated rings. The Hall–Kier alpha value is -1.70. The van der Waals surface area contributed by atoms with E-state index < -0.39 is 0 Å². The minimum Gasteiger partial charge on any atom is -0.380 e. The first-order chi connectivity index (χ1) is 14.4. The SMILES string of the molecule is C=CNC1(c2ccc(CCC(C)(C)C)c(C)c2)CCC(C)(C)C/C1=C/N(C)CCCC. The summed E-state index contributed by atoms with van der Waals surface area (Å²) in [4.78, 5) is 2.39. The molecule has 0 amide bonds. The van der Waals surface area contributed by atoms with Gasteiger partial charge >= 0.3 is 0 Å². The first-order valence-electron chi connectivity index (χ1n) is 12.3. The topological polar surface area (TPSA) is 15.3 Å². The average Bonchev–Trinajstić information content (AvgIpc) is 2.66. The molecule has 0 radical (unpaired) electrons.